The lowest BCUT2D eigenvalue weighted by molar-refractivity contribution is 0.941. The number of benzene rings is 1. The number of nitrogens with zero attached hydrogens (tertiary/aromatic N) is 4. The van der Waals surface area contributed by atoms with Gasteiger partial charge in [0.1, 0.15) is 0 Å². The Morgan fingerprint density at radius 2 is 2.05 bits per heavy atom. The van der Waals surface area contributed by atoms with Gasteiger partial charge in [-0.25, -0.2) is 9.50 Å². The van der Waals surface area contributed by atoms with E-state index in [1.54, 1.807) is 35.1 Å². The van der Waals surface area contributed by atoms with Crippen LogP contribution in [0.3, 0.4) is 0 Å². The first-order valence-electron chi connectivity index (χ1n) is 8.39. The molecule has 0 bridgehead atoms. The van der Waals surface area contributed by atoms with E-state index < -0.39 is 6.85 Å². The molecule has 0 aliphatic rings. The van der Waals surface area contributed by atoms with Crippen LogP contribution in [0.2, 0.25) is 0 Å². The fourth-order valence-corrected chi connectivity index (χ4v) is 2.47. The number of hydrogen-bond acceptors (Lipinski definition) is 3. The Morgan fingerprint density at radius 3 is 3.00 bits per heavy atom. The van der Waals surface area contributed by atoms with Crippen molar-refractivity contribution in [1.82, 2.24) is 19.6 Å². The molecule has 0 unspecified atom stereocenters. The van der Waals surface area contributed by atoms with Crippen molar-refractivity contribution in [3.63, 3.8) is 0 Å². The van der Waals surface area contributed by atoms with E-state index in [-0.39, 0.29) is 0 Å². The van der Waals surface area contributed by atoms with Gasteiger partial charge in [0.25, 0.3) is 0 Å². The normalized spacial score (nSPS) is 13.5. The molecule has 0 saturated carbocycles. The first-order valence-corrected chi connectivity index (χ1v) is 6.89. The van der Waals surface area contributed by atoms with Crippen LogP contribution in [0.4, 0.5) is 0 Å². The van der Waals surface area contributed by atoms with Crippen molar-refractivity contribution in [2.24, 2.45) is 0 Å². The average molecular weight is 289 g/mol. The van der Waals surface area contributed by atoms with Crippen molar-refractivity contribution in [3.05, 3.63) is 72.7 Å². The summed E-state index contributed by atoms with van der Waals surface area (Å²) in [4.78, 5) is 9.08. The van der Waals surface area contributed by atoms with E-state index in [1.807, 2.05) is 36.5 Å². The van der Waals surface area contributed by atoms with Crippen LogP contribution in [0, 0.1) is 6.85 Å². The van der Waals surface area contributed by atoms with Gasteiger partial charge in [0.05, 0.1) is 17.6 Å². The molecular formula is C18H14N4. The van der Waals surface area contributed by atoms with E-state index in [1.165, 1.54) is 0 Å². The van der Waals surface area contributed by atoms with Gasteiger partial charge < -0.3 is 0 Å². The van der Waals surface area contributed by atoms with E-state index in [4.69, 9.17) is 4.11 Å². The van der Waals surface area contributed by atoms with Crippen molar-refractivity contribution in [2.45, 2.75) is 6.85 Å². The lowest BCUT2D eigenvalue weighted by Gasteiger charge is -2.09. The van der Waals surface area contributed by atoms with Crippen LogP contribution in [0.25, 0.3) is 28.2 Å². The minimum Gasteiger partial charge on any atom is -0.256 e. The van der Waals surface area contributed by atoms with Crippen molar-refractivity contribution < 1.29 is 4.11 Å². The molecule has 3 aromatic heterocycles. The highest BCUT2D eigenvalue weighted by atomic mass is 15.2. The molecule has 3 heterocycles. The molecule has 0 N–H and O–H groups in total. The largest absolute Gasteiger partial charge is 0.256 e. The van der Waals surface area contributed by atoms with Crippen LogP contribution in [-0.2, 0) is 0 Å². The van der Waals surface area contributed by atoms with Gasteiger partial charge in [-0.05, 0) is 31.1 Å². The zero-order valence-electron chi connectivity index (χ0n) is 14.6. The number of fused-ring (bicyclic) bond motifs is 1. The SMILES string of the molecule is [2H]C([2H])([2H])c1cccc(-c2ncccc2-c2ccn3nccc3n2)c1. The molecule has 0 spiro atoms. The molecule has 0 atom stereocenters. The number of aryl methyl sites for hydroxylation is 1. The summed E-state index contributed by atoms with van der Waals surface area (Å²) in [6, 6.07) is 14.3. The summed E-state index contributed by atoms with van der Waals surface area (Å²) in [5, 5.41) is 4.15. The van der Waals surface area contributed by atoms with Gasteiger partial charge in [-0.1, -0.05) is 23.8 Å². The monoisotopic (exact) mass is 289 g/mol. The molecule has 22 heavy (non-hydrogen) atoms. The lowest BCUT2D eigenvalue weighted by Crippen LogP contribution is -1.94. The molecule has 1 aromatic carbocycles. The van der Waals surface area contributed by atoms with Crippen molar-refractivity contribution in [1.29, 1.82) is 0 Å². The Hall–Kier alpha value is -3.01. The van der Waals surface area contributed by atoms with Crippen molar-refractivity contribution >= 4 is 5.65 Å². The summed E-state index contributed by atoms with van der Waals surface area (Å²) >= 11 is 0. The highest BCUT2D eigenvalue weighted by Crippen LogP contribution is 2.29. The quantitative estimate of drug-likeness (QED) is 0.564. The molecule has 4 heteroatoms. The Labute approximate surface area is 132 Å². The number of rotatable bonds is 2. The Kier molecular flexibility index (Phi) is 2.27. The molecule has 0 amide bonds. The molecule has 0 fully saturated rings. The molecule has 0 saturated heterocycles. The van der Waals surface area contributed by atoms with Gasteiger partial charge in [-0.3, -0.25) is 4.98 Å². The maximum absolute atomic E-state index is 7.61. The minimum absolute atomic E-state index is 0.292. The van der Waals surface area contributed by atoms with Crippen LogP contribution < -0.4 is 0 Å². The van der Waals surface area contributed by atoms with Crippen LogP contribution in [0.1, 0.15) is 9.68 Å². The summed E-state index contributed by atoms with van der Waals surface area (Å²) in [5.41, 5.74) is 4.08. The topological polar surface area (TPSA) is 43.1 Å². The fourth-order valence-electron chi connectivity index (χ4n) is 2.47. The molecule has 4 nitrogen and oxygen atoms in total. The molecule has 0 radical (unpaired) electrons. The fraction of sp³-hybridized carbons (Fsp3) is 0.0556. The van der Waals surface area contributed by atoms with Crippen LogP contribution in [0.15, 0.2) is 67.1 Å². The number of aromatic nitrogens is 4. The predicted octanol–water partition coefficient (Wildman–Crippen LogP) is 3.77. The Morgan fingerprint density at radius 1 is 1.05 bits per heavy atom. The summed E-state index contributed by atoms with van der Waals surface area (Å²) in [5.74, 6) is 0. The Balaban J connectivity index is 1.87. The first-order chi connectivity index (χ1) is 12.0. The molecule has 0 aliphatic heterocycles. The van der Waals surface area contributed by atoms with E-state index in [0.717, 1.165) is 22.5 Å². The third-order valence-electron chi connectivity index (χ3n) is 3.48. The second kappa shape index (κ2) is 5.07. The van der Waals surface area contributed by atoms with E-state index in [9.17, 15) is 0 Å². The van der Waals surface area contributed by atoms with Crippen LogP contribution in [0.5, 0.6) is 0 Å². The number of pyridine rings is 1. The summed E-state index contributed by atoms with van der Waals surface area (Å²) < 4.78 is 24.5. The minimum atomic E-state index is -2.15. The highest BCUT2D eigenvalue weighted by Gasteiger charge is 2.10. The Bertz CT molecular complexity index is 1050. The average Bonchev–Trinajstić information content (AvgIpc) is 3.09. The second-order valence-electron chi connectivity index (χ2n) is 4.93. The van der Waals surface area contributed by atoms with Crippen molar-refractivity contribution in [3.8, 4) is 22.5 Å². The molecule has 4 aromatic rings. The summed E-state index contributed by atoms with van der Waals surface area (Å²) in [6.45, 7) is -2.15. The summed E-state index contributed by atoms with van der Waals surface area (Å²) in [6.07, 6.45) is 5.22. The smallest absolute Gasteiger partial charge is 0.155 e. The third-order valence-corrected chi connectivity index (χ3v) is 3.48. The highest BCUT2D eigenvalue weighted by molar-refractivity contribution is 5.79. The van der Waals surface area contributed by atoms with Gasteiger partial charge >= 0.3 is 0 Å². The predicted molar refractivity (Wildman–Crippen MR) is 86.4 cm³/mol. The van der Waals surface area contributed by atoms with E-state index in [2.05, 4.69) is 15.1 Å². The maximum Gasteiger partial charge on any atom is 0.155 e. The van der Waals surface area contributed by atoms with Gasteiger partial charge in [0.2, 0.25) is 0 Å². The standard InChI is InChI=1S/C18H14N4/c1-13-4-2-5-14(12-13)18-15(6-3-9-19-18)16-8-11-22-17(21-16)7-10-20-22/h2-12H,1H3/i1D3. The zero-order chi connectivity index (χ0) is 17.4. The van der Waals surface area contributed by atoms with Gasteiger partial charge in [0, 0.05) is 33.7 Å². The van der Waals surface area contributed by atoms with E-state index >= 15 is 0 Å². The van der Waals surface area contributed by atoms with Gasteiger partial charge in [0.15, 0.2) is 5.65 Å². The van der Waals surface area contributed by atoms with Crippen LogP contribution in [-0.4, -0.2) is 19.6 Å². The molecule has 106 valence electrons. The van der Waals surface area contributed by atoms with Crippen molar-refractivity contribution in [2.75, 3.05) is 0 Å². The molecule has 4 rings (SSSR count). The van der Waals surface area contributed by atoms with Crippen LogP contribution >= 0.6 is 0 Å². The maximum atomic E-state index is 7.61. The van der Waals surface area contributed by atoms with E-state index in [0.29, 0.717) is 11.3 Å². The zero-order valence-corrected chi connectivity index (χ0v) is 11.6. The first kappa shape index (κ1) is 9.84. The van der Waals surface area contributed by atoms with Gasteiger partial charge in [-0.15, -0.1) is 0 Å². The molecule has 0 aliphatic carbocycles. The second-order valence-corrected chi connectivity index (χ2v) is 4.93. The summed E-state index contributed by atoms with van der Waals surface area (Å²) in [7, 11) is 0. The number of hydrogen-bond donors (Lipinski definition) is 0. The third kappa shape index (κ3) is 2.15. The molecular weight excluding hydrogens is 272 g/mol. The van der Waals surface area contributed by atoms with Gasteiger partial charge in [-0.2, -0.15) is 5.10 Å². The lowest BCUT2D eigenvalue weighted by atomic mass is 10.0.